The maximum atomic E-state index is 13.3. The van der Waals surface area contributed by atoms with Crippen molar-refractivity contribution in [3.63, 3.8) is 0 Å². The van der Waals surface area contributed by atoms with Crippen molar-refractivity contribution < 1.29 is 19.2 Å². The lowest BCUT2D eigenvalue weighted by Crippen LogP contribution is -2.15. The van der Waals surface area contributed by atoms with Crippen LogP contribution in [0.15, 0.2) is 39.5 Å². The van der Waals surface area contributed by atoms with Crippen LogP contribution < -0.4 is 10.2 Å². The Bertz CT molecular complexity index is 1150. The van der Waals surface area contributed by atoms with Gasteiger partial charge in [0.1, 0.15) is 17.1 Å². The van der Waals surface area contributed by atoms with E-state index in [4.69, 9.17) is 9.15 Å². The molecule has 1 heterocycles. The SMILES string of the molecule is CCc1cc(O)c(CN(C)C)c2oc(C)c(Oc3ccccc3[N+](=O)[O-])c(=O)c12. The predicted octanol–water partition coefficient (Wildman–Crippen LogP) is 4.13. The van der Waals surface area contributed by atoms with Crippen LogP contribution in [0.2, 0.25) is 0 Å². The number of nitro groups is 1. The third-order valence-corrected chi connectivity index (χ3v) is 4.58. The summed E-state index contributed by atoms with van der Waals surface area (Å²) >= 11 is 0. The second kappa shape index (κ2) is 7.92. The number of ether oxygens (including phenoxy) is 1. The molecule has 0 atom stereocenters. The first-order valence-electron chi connectivity index (χ1n) is 9.11. The number of benzene rings is 2. The number of aryl methyl sites for hydroxylation is 2. The molecule has 0 fully saturated rings. The molecule has 2 aromatic carbocycles. The van der Waals surface area contributed by atoms with Crippen molar-refractivity contribution in [2.75, 3.05) is 14.1 Å². The molecule has 1 aromatic heterocycles. The van der Waals surface area contributed by atoms with Crippen molar-refractivity contribution in [3.8, 4) is 17.2 Å². The second-order valence-corrected chi connectivity index (χ2v) is 6.97. The van der Waals surface area contributed by atoms with Gasteiger partial charge in [0.05, 0.1) is 15.9 Å². The molecule has 0 spiro atoms. The zero-order valence-corrected chi connectivity index (χ0v) is 16.7. The fourth-order valence-electron chi connectivity index (χ4n) is 3.24. The molecule has 0 radical (unpaired) electrons. The molecule has 0 bridgehead atoms. The number of hydrogen-bond donors (Lipinski definition) is 1. The highest BCUT2D eigenvalue weighted by atomic mass is 16.6. The minimum atomic E-state index is -0.571. The van der Waals surface area contributed by atoms with E-state index < -0.39 is 10.4 Å². The van der Waals surface area contributed by atoms with E-state index in [-0.39, 0.29) is 28.7 Å². The molecule has 3 aromatic rings. The Hall–Kier alpha value is -3.39. The predicted molar refractivity (Wildman–Crippen MR) is 109 cm³/mol. The van der Waals surface area contributed by atoms with Gasteiger partial charge in [-0.25, -0.2) is 0 Å². The highest BCUT2D eigenvalue weighted by Crippen LogP contribution is 2.36. The fraction of sp³-hybridized carbons (Fsp3) is 0.286. The normalized spacial score (nSPS) is 11.2. The average molecular weight is 398 g/mol. The van der Waals surface area contributed by atoms with E-state index in [2.05, 4.69) is 0 Å². The van der Waals surface area contributed by atoms with E-state index >= 15 is 0 Å². The Morgan fingerprint density at radius 1 is 1.28 bits per heavy atom. The van der Waals surface area contributed by atoms with Gasteiger partial charge in [-0.1, -0.05) is 19.1 Å². The third kappa shape index (κ3) is 3.79. The first-order chi connectivity index (χ1) is 13.7. The van der Waals surface area contributed by atoms with Gasteiger partial charge in [0.2, 0.25) is 16.9 Å². The van der Waals surface area contributed by atoms with Gasteiger partial charge in [-0.15, -0.1) is 0 Å². The smallest absolute Gasteiger partial charge is 0.311 e. The molecular weight excluding hydrogens is 376 g/mol. The number of aromatic hydroxyl groups is 1. The Labute approximate surface area is 167 Å². The molecule has 29 heavy (non-hydrogen) atoms. The molecule has 152 valence electrons. The molecule has 0 aliphatic rings. The number of hydrogen-bond acceptors (Lipinski definition) is 7. The Morgan fingerprint density at radius 2 is 1.97 bits per heavy atom. The zero-order chi connectivity index (χ0) is 21.3. The van der Waals surface area contributed by atoms with E-state index in [0.29, 0.717) is 35.1 Å². The van der Waals surface area contributed by atoms with Gasteiger partial charge in [0.15, 0.2) is 0 Å². The molecule has 0 aliphatic carbocycles. The van der Waals surface area contributed by atoms with Crippen molar-refractivity contribution in [1.29, 1.82) is 0 Å². The maximum absolute atomic E-state index is 13.3. The molecule has 0 aliphatic heterocycles. The van der Waals surface area contributed by atoms with Crippen LogP contribution in [0.4, 0.5) is 5.69 Å². The van der Waals surface area contributed by atoms with Gasteiger partial charge in [-0.2, -0.15) is 0 Å². The van der Waals surface area contributed by atoms with Gasteiger partial charge in [0.25, 0.3) is 0 Å². The fourth-order valence-corrected chi connectivity index (χ4v) is 3.24. The van der Waals surface area contributed by atoms with E-state index in [9.17, 15) is 20.0 Å². The van der Waals surface area contributed by atoms with Crippen molar-refractivity contribution >= 4 is 16.7 Å². The number of nitro benzene ring substituents is 1. The Morgan fingerprint density at radius 3 is 2.59 bits per heavy atom. The van der Waals surface area contributed by atoms with E-state index in [1.165, 1.54) is 18.2 Å². The summed E-state index contributed by atoms with van der Waals surface area (Å²) in [6.45, 7) is 3.79. The Balaban J connectivity index is 2.28. The van der Waals surface area contributed by atoms with Crippen LogP contribution in [0, 0.1) is 17.0 Å². The number of phenolic OH excluding ortho intramolecular Hbond substituents is 1. The summed E-state index contributed by atoms with van der Waals surface area (Å²) in [5.41, 5.74) is 0.730. The quantitative estimate of drug-likeness (QED) is 0.491. The summed E-state index contributed by atoms with van der Waals surface area (Å²) in [5.74, 6) is 0.0758. The summed E-state index contributed by atoms with van der Waals surface area (Å²) in [4.78, 5) is 25.9. The molecule has 3 rings (SSSR count). The van der Waals surface area contributed by atoms with Gasteiger partial charge in [-0.05, 0) is 45.1 Å². The van der Waals surface area contributed by atoms with Crippen LogP contribution >= 0.6 is 0 Å². The number of phenols is 1. The van der Waals surface area contributed by atoms with Crippen LogP contribution in [0.1, 0.15) is 23.8 Å². The van der Waals surface area contributed by atoms with E-state index in [0.717, 1.165) is 0 Å². The second-order valence-electron chi connectivity index (χ2n) is 6.97. The topological polar surface area (TPSA) is 106 Å². The van der Waals surface area contributed by atoms with Crippen LogP contribution in [0.3, 0.4) is 0 Å². The molecule has 0 saturated heterocycles. The standard InChI is InChI=1S/C21H22N2O6/c1-5-13-10-16(24)14(11-22(3)4)21-18(13)19(25)20(12(2)28-21)29-17-9-7-6-8-15(17)23(26)27/h6-10,24H,5,11H2,1-4H3. The van der Waals surface area contributed by atoms with Crippen molar-refractivity contribution in [2.45, 2.75) is 26.8 Å². The summed E-state index contributed by atoms with van der Waals surface area (Å²) in [6.07, 6.45) is 0.491. The summed E-state index contributed by atoms with van der Waals surface area (Å²) < 4.78 is 11.6. The van der Waals surface area contributed by atoms with E-state index in [1.807, 2.05) is 25.9 Å². The molecule has 0 saturated carbocycles. The average Bonchev–Trinajstić information content (AvgIpc) is 2.67. The molecule has 8 heteroatoms. The molecule has 0 amide bonds. The number of para-hydroxylation sites is 2. The number of rotatable bonds is 6. The molecule has 8 nitrogen and oxygen atoms in total. The van der Waals surface area contributed by atoms with Crippen molar-refractivity contribution in [2.24, 2.45) is 0 Å². The largest absolute Gasteiger partial charge is 0.507 e. The van der Waals surface area contributed by atoms with Crippen LogP contribution in [-0.2, 0) is 13.0 Å². The van der Waals surface area contributed by atoms with Gasteiger partial charge in [-0.3, -0.25) is 14.9 Å². The van der Waals surface area contributed by atoms with Crippen molar-refractivity contribution in [3.05, 3.63) is 67.6 Å². The van der Waals surface area contributed by atoms with Crippen LogP contribution in [-0.4, -0.2) is 29.0 Å². The maximum Gasteiger partial charge on any atom is 0.311 e. The minimum absolute atomic E-state index is 0.0439. The third-order valence-electron chi connectivity index (χ3n) is 4.58. The number of fused-ring (bicyclic) bond motifs is 1. The molecular formula is C21H22N2O6. The first kappa shape index (κ1) is 20.3. The highest BCUT2D eigenvalue weighted by Gasteiger charge is 2.23. The lowest BCUT2D eigenvalue weighted by molar-refractivity contribution is -0.385. The minimum Gasteiger partial charge on any atom is -0.507 e. The zero-order valence-electron chi connectivity index (χ0n) is 16.7. The summed E-state index contributed by atoms with van der Waals surface area (Å²) in [7, 11) is 3.69. The van der Waals surface area contributed by atoms with Crippen LogP contribution in [0.25, 0.3) is 11.0 Å². The lowest BCUT2D eigenvalue weighted by atomic mass is 10.0. The number of nitrogens with zero attached hydrogens (tertiary/aromatic N) is 2. The van der Waals surface area contributed by atoms with E-state index in [1.54, 1.807) is 19.1 Å². The highest BCUT2D eigenvalue weighted by molar-refractivity contribution is 5.87. The van der Waals surface area contributed by atoms with Crippen molar-refractivity contribution in [1.82, 2.24) is 4.90 Å². The molecule has 0 unspecified atom stereocenters. The van der Waals surface area contributed by atoms with Gasteiger partial charge >= 0.3 is 5.69 Å². The Kier molecular flexibility index (Phi) is 5.56. The summed E-state index contributed by atoms with van der Waals surface area (Å²) in [5, 5.41) is 22.0. The monoisotopic (exact) mass is 398 g/mol. The van der Waals surface area contributed by atoms with Gasteiger partial charge in [0, 0.05) is 12.6 Å². The summed E-state index contributed by atoms with van der Waals surface area (Å²) in [6, 6.07) is 7.40. The van der Waals surface area contributed by atoms with Crippen LogP contribution in [0.5, 0.6) is 17.2 Å². The first-order valence-corrected chi connectivity index (χ1v) is 9.11. The van der Waals surface area contributed by atoms with Gasteiger partial charge < -0.3 is 19.2 Å². The lowest BCUT2D eigenvalue weighted by Gasteiger charge is -2.17. The molecule has 1 N–H and O–H groups in total.